The molecule has 3 aromatic rings. The lowest BCUT2D eigenvalue weighted by Gasteiger charge is -2.26. The Morgan fingerprint density at radius 2 is 1.97 bits per heavy atom. The van der Waals surface area contributed by atoms with Crippen LogP contribution in [-0.4, -0.2) is 27.8 Å². The van der Waals surface area contributed by atoms with Gasteiger partial charge >= 0.3 is 0 Å². The van der Waals surface area contributed by atoms with Crippen LogP contribution in [0.2, 0.25) is 0 Å². The first-order valence-electron chi connectivity index (χ1n) is 10.5. The Bertz CT molecular complexity index is 1100. The molecule has 6 nitrogen and oxygen atoms in total. The summed E-state index contributed by atoms with van der Waals surface area (Å²) in [7, 11) is 1.51. The van der Waals surface area contributed by atoms with Crippen molar-refractivity contribution in [3.63, 3.8) is 0 Å². The number of pyridine rings is 1. The summed E-state index contributed by atoms with van der Waals surface area (Å²) >= 11 is 0. The molecular weight excluding hydrogens is 402 g/mol. The van der Waals surface area contributed by atoms with Crippen LogP contribution in [0.3, 0.4) is 0 Å². The van der Waals surface area contributed by atoms with Gasteiger partial charge in [0.1, 0.15) is 17.1 Å². The summed E-state index contributed by atoms with van der Waals surface area (Å²) in [5.74, 6) is -2.51. The van der Waals surface area contributed by atoms with E-state index in [9.17, 15) is 13.6 Å². The van der Waals surface area contributed by atoms with Crippen molar-refractivity contribution in [1.82, 2.24) is 14.8 Å². The predicted octanol–water partition coefficient (Wildman–Crippen LogP) is 5.56. The van der Waals surface area contributed by atoms with Gasteiger partial charge in [0.15, 0.2) is 0 Å². The van der Waals surface area contributed by atoms with Crippen molar-refractivity contribution in [2.45, 2.75) is 51.5 Å². The Kier molecular flexibility index (Phi) is 5.64. The van der Waals surface area contributed by atoms with Gasteiger partial charge in [-0.2, -0.15) is 13.9 Å². The van der Waals surface area contributed by atoms with Crippen LogP contribution < -0.4 is 10.1 Å². The number of rotatable bonds is 5. The van der Waals surface area contributed by atoms with E-state index in [1.165, 1.54) is 38.2 Å². The topological polar surface area (TPSA) is 69.0 Å². The largest absolute Gasteiger partial charge is 0.494 e. The van der Waals surface area contributed by atoms with Gasteiger partial charge in [-0.05, 0) is 49.8 Å². The first-order chi connectivity index (χ1) is 14.7. The number of hydrogen-bond donors (Lipinski definition) is 1. The standard InChI is InChI=1S/C23H26F2N4O2/c1-14-7-9-16(10-8-14)29-13-15-11-19(20(31-3)12-18(15)28-29)27-22(30)17-5-4-6-21(26-17)23(2,24)25/h4-6,11-14,16H,7-10H2,1-3H3,(H,27,30)/t14-,16-. The highest BCUT2D eigenvalue weighted by Gasteiger charge is 2.27. The third-order valence-corrected chi connectivity index (χ3v) is 5.88. The molecule has 0 spiro atoms. The van der Waals surface area contributed by atoms with Gasteiger partial charge in [0, 0.05) is 24.6 Å². The van der Waals surface area contributed by atoms with Crippen LogP contribution in [-0.2, 0) is 5.92 Å². The van der Waals surface area contributed by atoms with E-state index < -0.39 is 17.5 Å². The zero-order valence-corrected chi connectivity index (χ0v) is 17.9. The molecule has 0 saturated heterocycles. The number of nitrogens with zero attached hydrogens (tertiary/aromatic N) is 3. The van der Waals surface area contributed by atoms with Gasteiger partial charge in [-0.3, -0.25) is 9.48 Å². The Hall–Kier alpha value is -3.03. The van der Waals surface area contributed by atoms with Gasteiger partial charge in [0.05, 0.1) is 24.4 Å². The van der Waals surface area contributed by atoms with Crippen LogP contribution >= 0.6 is 0 Å². The summed E-state index contributed by atoms with van der Waals surface area (Å²) in [5.41, 5.74) is 0.672. The van der Waals surface area contributed by atoms with E-state index in [1.54, 1.807) is 12.1 Å². The smallest absolute Gasteiger partial charge is 0.287 e. The number of methoxy groups -OCH3 is 1. The first-order valence-corrected chi connectivity index (χ1v) is 10.5. The van der Waals surface area contributed by atoms with Crippen molar-refractivity contribution >= 4 is 22.5 Å². The van der Waals surface area contributed by atoms with Crippen molar-refractivity contribution < 1.29 is 18.3 Å². The maximum Gasteiger partial charge on any atom is 0.287 e. The van der Waals surface area contributed by atoms with E-state index in [1.807, 2.05) is 10.9 Å². The molecule has 0 atom stereocenters. The number of benzene rings is 1. The van der Waals surface area contributed by atoms with Crippen LogP contribution in [0.4, 0.5) is 14.5 Å². The highest BCUT2D eigenvalue weighted by molar-refractivity contribution is 6.05. The van der Waals surface area contributed by atoms with E-state index in [-0.39, 0.29) is 5.69 Å². The monoisotopic (exact) mass is 428 g/mol. The molecule has 0 aliphatic heterocycles. The minimum atomic E-state index is -3.13. The van der Waals surface area contributed by atoms with Gasteiger partial charge < -0.3 is 10.1 Å². The van der Waals surface area contributed by atoms with Crippen molar-refractivity contribution in [1.29, 1.82) is 0 Å². The Balaban J connectivity index is 1.60. The maximum atomic E-state index is 13.6. The van der Waals surface area contributed by atoms with E-state index in [0.717, 1.165) is 36.6 Å². The first kappa shape index (κ1) is 21.2. The molecule has 0 radical (unpaired) electrons. The summed E-state index contributed by atoms with van der Waals surface area (Å²) in [4.78, 5) is 16.5. The van der Waals surface area contributed by atoms with Crippen molar-refractivity contribution in [2.24, 2.45) is 5.92 Å². The summed E-state index contributed by atoms with van der Waals surface area (Å²) < 4.78 is 34.6. The summed E-state index contributed by atoms with van der Waals surface area (Å²) in [6, 6.07) is 7.93. The highest BCUT2D eigenvalue weighted by atomic mass is 19.3. The van der Waals surface area contributed by atoms with Gasteiger partial charge in [0.2, 0.25) is 0 Å². The Labute approximate surface area is 179 Å². The van der Waals surface area contributed by atoms with Crippen molar-refractivity contribution in [3.8, 4) is 5.75 Å². The number of fused-ring (bicyclic) bond motifs is 1. The second-order valence-corrected chi connectivity index (χ2v) is 8.38. The summed E-state index contributed by atoms with van der Waals surface area (Å²) in [5, 5.41) is 8.32. The molecule has 0 unspecified atom stereocenters. The second kappa shape index (κ2) is 8.24. The summed E-state index contributed by atoms with van der Waals surface area (Å²) in [6.45, 7) is 3.03. The number of carbonyl (C=O) groups is 1. The zero-order valence-electron chi connectivity index (χ0n) is 17.9. The molecule has 4 rings (SSSR count). The fourth-order valence-corrected chi connectivity index (χ4v) is 4.02. The number of anilines is 1. The van der Waals surface area contributed by atoms with Crippen LogP contribution in [0.1, 0.15) is 61.8 Å². The molecule has 1 fully saturated rings. The number of amides is 1. The van der Waals surface area contributed by atoms with E-state index >= 15 is 0 Å². The van der Waals surface area contributed by atoms with Crippen LogP contribution in [0.5, 0.6) is 5.75 Å². The minimum absolute atomic E-state index is 0.0896. The molecule has 31 heavy (non-hydrogen) atoms. The van der Waals surface area contributed by atoms with Crippen LogP contribution in [0.25, 0.3) is 10.9 Å². The second-order valence-electron chi connectivity index (χ2n) is 8.38. The number of hydrogen-bond acceptors (Lipinski definition) is 4. The third-order valence-electron chi connectivity index (χ3n) is 5.88. The average molecular weight is 428 g/mol. The molecule has 1 aliphatic carbocycles. The molecule has 1 amide bonds. The number of halogens is 2. The normalized spacial score (nSPS) is 19.4. The predicted molar refractivity (Wildman–Crippen MR) is 115 cm³/mol. The number of aromatic nitrogens is 3. The number of nitrogens with one attached hydrogen (secondary N) is 1. The number of carbonyl (C=O) groups excluding carboxylic acids is 1. The fraction of sp³-hybridized carbons (Fsp3) is 0.435. The SMILES string of the molecule is COc1cc2nn([C@H]3CC[C@H](C)CC3)cc2cc1NC(=O)c1cccc(C(C)(F)F)n1. The lowest BCUT2D eigenvalue weighted by molar-refractivity contribution is 0.0126. The third kappa shape index (κ3) is 4.52. The molecule has 1 aromatic carbocycles. The fourth-order valence-electron chi connectivity index (χ4n) is 4.02. The molecule has 2 aromatic heterocycles. The molecule has 0 bridgehead atoms. The lowest BCUT2D eigenvalue weighted by Crippen LogP contribution is -2.17. The number of alkyl halides is 2. The Morgan fingerprint density at radius 1 is 1.23 bits per heavy atom. The van der Waals surface area contributed by atoms with E-state index in [0.29, 0.717) is 17.5 Å². The van der Waals surface area contributed by atoms with E-state index in [2.05, 4.69) is 17.2 Å². The van der Waals surface area contributed by atoms with Crippen LogP contribution in [0, 0.1) is 5.92 Å². The highest BCUT2D eigenvalue weighted by Crippen LogP contribution is 2.35. The quantitative estimate of drug-likeness (QED) is 0.578. The zero-order chi connectivity index (χ0) is 22.2. The number of ether oxygens (including phenoxy) is 1. The molecule has 2 heterocycles. The molecule has 1 saturated carbocycles. The lowest BCUT2D eigenvalue weighted by atomic mass is 9.87. The molecule has 1 aliphatic rings. The molecular formula is C23H26F2N4O2. The Morgan fingerprint density at radius 3 is 2.65 bits per heavy atom. The van der Waals surface area contributed by atoms with Crippen molar-refractivity contribution in [3.05, 3.63) is 47.9 Å². The molecule has 8 heteroatoms. The molecule has 1 N–H and O–H groups in total. The average Bonchev–Trinajstić information content (AvgIpc) is 3.16. The molecule has 164 valence electrons. The van der Waals surface area contributed by atoms with E-state index in [4.69, 9.17) is 9.84 Å². The van der Waals surface area contributed by atoms with Gasteiger partial charge in [-0.15, -0.1) is 0 Å². The minimum Gasteiger partial charge on any atom is -0.494 e. The van der Waals surface area contributed by atoms with Gasteiger partial charge in [0.25, 0.3) is 11.8 Å². The maximum absolute atomic E-state index is 13.6. The van der Waals surface area contributed by atoms with Crippen molar-refractivity contribution in [2.75, 3.05) is 12.4 Å². The summed E-state index contributed by atoms with van der Waals surface area (Å²) in [6.07, 6.45) is 6.56. The van der Waals surface area contributed by atoms with Gasteiger partial charge in [-0.25, -0.2) is 4.98 Å². The van der Waals surface area contributed by atoms with Gasteiger partial charge in [-0.1, -0.05) is 13.0 Å². The van der Waals surface area contributed by atoms with Crippen LogP contribution in [0.15, 0.2) is 36.5 Å².